The largest absolute Gasteiger partial charge is 0.361 e. The molecule has 2 aromatic rings. The summed E-state index contributed by atoms with van der Waals surface area (Å²) in [5, 5.41) is 0. The third-order valence-electron chi connectivity index (χ3n) is 4.52. The maximum atomic E-state index is 12.5. The lowest BCUT2D eigenvalue weighted by Crippen LogP contribution is -2.61. The van der Waals surface area contributed by atoms with Crippen LogP contribution in [0.4, 0.5) is 5.69 Å². The molecule has 1 aliphatic heterocycles. The molecule has 0 spiro atoms. The van der Waals surface area contributed by atoms with Crippen molar-refractivity contribution in [3.8, 4) is 11.3 Å². The van der Waals surface area contributed by atoms with Crippen molar-refractivity contribution in [3.05, 3.63) is 53.4 Å². The van der Waals surface area contributed by atoms with Crippen LogP contribution in [0, 0.1) is 6.92 Å². The summed E-state index contributed by atoms with van der Waals surface area (Å²) in [4.78, 5) is 39.4. The Morgan fingerprint density at radius 1 is 1.50 bits per heavy atom. The number of carbonyl (C=O) groups excluding carboxylic acids is 1. The summed E-state index contributed by atoms with van der Waals surface area (Å²) in [6, 6.07) is 3.82. The molecule has 1 aliphatic rings. The molecule has 0 bridgehead atoms. The molecular weight excluding hydrogens is 330 g/mol. The minimum absolute atomic E-state index is 0.0724. The molecule has 1 amide bonds. The predicted octanol–water partition coefficient (Wildman–Crippen LogP) is 1.75. The van der Waals surface area contributed by atoms with Crippen molar-refractivity contribution < 1.29 is 4.79 Å². The van der Waals surface area contributed by atoms with Crippen LogP contribution in [0.5, 0.6) is 0 Å². The number of pyridine rings is 1. The van der Waals surface area contributed by atoms with Crippen LogP contribution in [-0.2, 0) is 4.79 Å². The van der Waals surface area contributed by atoms with E-state index in [9.17, 15) is 9.59 Å². The van der Waals surface area contributed by atoms with Crippen molar-refractivity contribution in [1.29, 1.82) is 0 Å². The molecule has 0 aromatic carbocycles. The van der Waals surface area contributed by atoms with Crippen molar-refractivity contribution in [1.82, 2.24) is 19.9 Å². The van der Waals surface area contributed by atoms with Gasteiger partial charge in [-0.25, -0.2) is 9.97 Å². The number of rotatable bonds is 6. The van der Waals surface area contributed by atoms with Gasteiger partial charge in [-0.2, -0.15) is 0 Å². The van der Waals surface area contributed by atoms with Crippen molar-refractivity contribution in [2.75, 3.05) is 24.5 Å². The Labute approximate surface area is 152 Å². The first-order chi connectivity index (χ1) is 12.5. The van der Waals surface area contributed by atoms with Gasteiger partial charge in [0.05, 0.1) is 11.7 Å². The quantitative estimate of drug-likeness (QED) is 0.800. The van der Waals surface area contributed by atoms with Gasteiger partial charge in [0.2, 0.25) is 5.91 Å². The highest BCUT2D eigenvalue weighted by atomic mass is 16.2. The number of aromatic amines is 1. The number of aromatic nitrogens is 3. The van der Waals surface area contributed by atoms with Gasteiger partial charge in [0.1, 0.15) is 11.5 Å². The van der Waals surface area contributed by atoms with Crippen LogP contribution >= 0.6 is 0 Å². The lowest BCUT2D eigenvalue weighted by atomic mass is 10.0. The first-order valence-electron chi connectivity index (χ1n) is 8.74. The Morgan fingerprint density at radius 3 is 2.92 bits per heavy atom. The van der Waals surface area contributed by atoms with Crippen LogP contribution in [-0.4, -0.2) is 51.4 Å². The second-order valence-electron chi connectivity index (χ2n) is 6.39. The van der Waals surface area contributed by atoms with E-state index >= 15 is 0 Å². The number of H-pyrrole nitrogens is 1. The van der Waals surface area contributed by atoms with Crippen LogP contribution in [0.2, 0.25) is 0 Å². The highest BCUT2D eigenvalue weighted by Crippen LogP contribution is 2.24. The van der Waals surface area contributed by atoms with Gasteiger partial charge in [-0.1, -0.05) is 13.5 Å². The van der Waals surface area contributed by atoms with Crippen molar-refractivity contribution >= 4 is 11.6 Å². The third kappa shape index (κ3) is 3.51. The lowest BCUT2D eigenvalue weighted by Gasteiger charge is -2.45. The lowest BCUT2D eigenvalue weighted by molar-refractivity contribution is -0.130. The molecule has 1 fully saturated rings. The zero-order valence-corrected chi connectivity index (χ0v) is 15.1. The van der Waals surface area contributed by atoms with Gasteiger partial charge >= 0.3 is 0 Å². The predicted molar refractivity (Wildman–Crippen MR) is 101 cm³/mol. The maximum absolute atomic E-state index is 12.5. The van der Waals surface area contributed by atoms with E-state index in [4.69, 9.17) is 0 Å². The van der Waals surface area contributed by atoms with Crippen LogP contribution < -0.4 is 10.5 Å². The van der Waals surface area contributed by atoms with E-state index < -0.39 is 0 Å². The third-order valence-corrected chi connectivity index (χ3v) is 4.52. The Morgan fingerprint density at radius 2 is 2.27 bits per heavy atom. The second kappa shape index (κ2) is 7.51. The Balaban J connectivity index is 1.90. The Kier molecular flexibility index (Phi) is 5.16. The van der Waals surface area contributed by atoms with E-state index in [-0.39, 0.29) is 17.5 Å². The molecule has 2 aromatic heterocycles. The fourth-order valence-corrected chi connectivity index (χ4v) is 3.15. The normalized spacial score (nSPS) is 14.0. The minimum Gasteiger partial charge on any atom is -0.361 e. The molecule has 0 saturated carbocycles. The van der Waals surface area contributed by atoms with E-state index in [0.717, 1.165) is 24.2 Å². The number of hydrogen-bond acceptors (Lipinski definition) is 5. The minimum atomic E-state index is -0.138. The molecule has 0 radical (unpaired) electrons. The molecule has 0 aliphatic carbocycles. The Hall–Kier alpha value is -2.96. The summed E-state index contributed by atoms with van der Waals surface area (Å²) in [5.41, 5.74) is 2.07. The van der Waals surface area contributed by atoms with Crippen molar-refractivity contribution in [2.24, 2.45) is 0 Å². The fourth-order valence-electron chi connectivity index (χ4n) is 3.15. The molecule has 7 heteroatoms. The number of nitrogens with one attached hydrogen (secondary N) is 1. The Bertz CT molecular complexity index is 870. The topological polar surface area (TPSA) is 82.2 Å². The number of amides is 1. The molecule has 3 heterocycles. The molecule has 0 atom stereocenters. The molecule has 136 valence electrons. The summed E-state index contributed by atoms with van der Waals surface area (Å²) in [6.45, 7) is 9.37. The maximum Gasteiger partial charge on any atom is 0.271 e. The summed E-state index contributed by atoms with van der Waals surface area (Å²) in [5.74, 6) is 0.607. The molecule has 0 unspecified atom stereocenters. The smallest absolute Gasteiger partial charge is 0.271 e. The van der Waals surface area contributed by atoms with Crippen LogP contribution in [0.3, 0.4) is 0 Å². The van der Waals surface area contributed by atoms with Gasteiger partial charge in [-0.3, -0.25) is 9.59 Å². The van der Waals surface area contributed by atoms with E-state index in [1.54, 1.807) is 17.3 Å². The summed E-state index contributed by atoms with van der Waals surface area (Å²) in [6.07, 6.45) is 5.61. The summed E-state index contributed by atoms with van der Waals surface area (Å²) in [7, 11) is 0. The number of likely N-dealkylation sites (tertiary alicyclic amines) is 1. The van der Waals surface area contributed by atoms with Gasteiger partial charge in [0.15, 0.2) is 0 Å². The molecule has 3 rings (SSSR count). The average Bonchev–Trinajstić information content (AvgIpc) is 2.60. The highest BCUT2D eigenvalue weighted by Gasteiger charge is 2.34. The standard InChI is InChI=1S/C19H23N5O2/c1-4-8-24(15-11-23(12-15)18(25)5-2)17-9-14(10-21-19(17)26)16-6-7-20-13(3)22-16/h5-7,9-10,15H,2,4,8,11-12H2,1,3H3,(H,21,26). The number of hydrogen-bond donors (Lipinski definition) is 1. The fraction of sp³-hybridized carbons (Fsp3) is 0.368. The zero-order valence-electron chi connectivity index (χ0n) is 15.1. The van der Waals surface area contributed by atoms with Crippen molar-refractivity contribution in [3.63, 3.8) is 0 Å². The van der Waals surface area contributed by atoms with E-state index in [2.05, 4.69) is 33.4 Å². The van der Waals surface area contributed by atoms with Gasteiger partial charge in [-0.05, 0) is 31.6 Å². The average molecular weight is 353 g/mol. The van der Waals surface area contributed by atoms with Crippen molar-refractivity contribution in [2.45, 2.75) is 26.3 Å². The van der Waals surface area contributed by atoms with Gasteiger partial charge in [0, 0.05) is 37.6 Å². The molecule has 26 heavy (non-hydrogen) atoms. The zero-order chi connectivity index (χ0) is 18.7. The van der Waals surface area contributed by atoms with Gasteiger partial charge < -0.3 is 14.8 Å². The SMILES string of the molecule is C=CC(=O)N1CC(N(CCC)c2cc(-c3ccnc(C)n3)c[nH]c2=O)C1. The number of nitrogens with zero attached hydrogens (tertiary/aromatic N) is 4. The second-order valence-corrected chi connectivity index (χ2v) is 6.39. The van der Waals surface area contributed by atoms with Gasteiger partial charge in [0.25, 0.3) is 5.56 Å². The van der Waals surface area contributed by atoms with E-state index in [1.807, 2.05) is 19.1 Å². The number of anilines is 1. The molecule has 7 nitrogen and oxygen atoms in total. The molecule has 1 N–H and O–H groups in total. The first kappa shape index (κ1) is 17.8. The number of carbonyl (C=O) groups is 1. The monoisotopic (exact) mass is 353 g/mol. The molecule has 1 saturated heterocycles. The summed E-state index contributed by atoms with van der Waals surface area (Å²) < 4.78 is 0. The van der Waals surface area contributed by atoms with E-state index in [1.165, 1.54) is 6.08 Å². The first-order valence-corrected chi connectivity index (χ1v) is 8.74. The van der Waals surface area contributed by atoms with Gasteiger partial charge in [-0.15, -0.1) is 0 Å². The van der Waals surface area contributed by atoms with Crippen LogP contribution in [0.15, 0.2) is 42.0 Å². The van der Waals surface area contributed by atoms with Crippen LogP contribution in [0.1, 0.15) is 19.2 Å². The summed E-state index contributed by atoms with van der Waals surface area (Å²) >= 11 is 0. The van der Waals surface area contributed by atoms with Crippen LogP contribution in [0.25, 0.3) is 11.3 Å². The number of aryl methyl sites for hydroxylation is 1. The highest BCUT2D eigenvalue weighted by molar-refractivity contribution is 5.87. The molecular formula is C19H23N5O2. The van der Waals surface area contributed by atoms with E-state index in [0.29, 0.717) is 24.6 Å².